The summed E-state index contributed by atoms with van der Waals surface area (Å²) in [7, 11) is 0. The van der Waals surface area contributed by atoms with Crippen molar-refractivity contribution in [2.75, 3.05) is 0 Å². The maximum absolute atomic E-state index is 6.21. The van der Waals surface area contributed by atoms with Crippen LogP contribution in [0.2, 0.25) is 5.32 Å². The quantitative estimate of drug-likeness (QED) is 0.564. The topological polar surface area (TPSA) is 9.23 Å². The van der Waals surface area contributed by atoms with E-state index >= 15 is 0 Å². The van der Waals surface area contributed by atoms with Crippen molar-refractivity contribution < 1.29 is 4.74 Å². The van der Waals surface area contributed by atoms with Gasteiger partial charge < -0.3 is 0 Å². The van der Waals surface area contributed by atoms with Crippen LogP contribution >= 0.6 is 15.9 Å². The molecular formula is C16H21BrOSe. The molecule has 1 heterocycles. The van der Waals surface area contributed by atoms with Crippen LogP contribution in [0.1, 0.15) is 38.5 Å². The molecule has 3 heteroatoms. The summed E-state index contributed by atoms with van der Waals surface area (Å²) in [4.78, 5) is 0. The fraction of sp³-hybridized carbons (Fsp3) is 0.625. The van der Waals surface area contributed by atoms with Crippen molar-refractivity contribution in [2.24, 2.45) is 5.41 Å². The van der Waals surface area contributed by atoms with E-state index in [9.17, 15) is 0 Å². The Hall–Kier alpha value is 0.179. The maximum atomic E-state index is 6.21. The number of hydrogen-bond acceptors (Lipinski definition) is 1. The molecule has 0 N–H and O–H groups in total. The minimum absolute atomic E-state index is 0.303. The Morgan fingerprint density at radius 2 is 1.89 bits per heavy atom. The third-order valence-electron chi connectivity index (χ3n) is 4.46. The van der Waals surface area contributed by atoms with Gasteiger partial charge in [-0.2, -0.15) is 0 Å². The van der Waals surface area contributed by atoms with Gasteiger partial charge in [0.15, 0.2) is 0 Å². The average Bonchev–Trinajstić information content (AvgIpc) is 2.75. The van der Waals surface area contributed by atoms with E-state index in [1.54, 1.807) is 0 Å². The van der Waals surface area contributed by atoms with E-state index in [4.69, 9.17) is 4.74 Å². The molecule has 1 nitrogen and oxygen atoms in total. The number of ether oxygens (including phenoxy) is 1. The predicted molar refractivity (Wildman–Crippen MR) is 84.4 cm³/mol. The van der Waals surface area contributed by atoms with Gasteiger partial charge in [-0.15, -0.1) is 0 Å². The van der Waals surface area contributed by atoms with E-state index in [0.717, 1.165) is 0 Å². The molecule has 0 amide bonds. The molecule has 1 saturated carbocycles. The van der Waals surface area contributed by atoms with Crippen LogP contribution < -0.4 is 4.46 Å². The van der Waals surface area contributed by atoms with E-state index in [1.165, 1.54) is 48.3 Å². The number of rotatable bonds is 3. The number of halogens is 1. The molecule has 104 valence electrons. The molecule has 0 aromatic heterocycles. The first-order valence-electron chi connectivity index (χ1n) is 7.26. The van der Waals surface area contributed by atoms with E-state index in [0.29, 0.717) is 31.5 Å². The van der Waals surface area contributed by atoms with Crippen LogP contribution in [-0.2, 0) is 4.74 Å². The predicted octanol–water partition coefficient (Wildman–Crippen LogP) is 3.89. The molecule has 1 saturated heterocycles. The van der Waals surface area contributed by atoms with Crippen molar-refractivity contribution in [3.8, 4) is 0 Å². The van der Waals surface area contributed by atoms with Crippen LogP contribution in [0, 0.1) is 5.41 Å². The summed E-state index contributed by atoms with van der Waals surface area (Å²) in [6, 6.07) is 10.9. The Labute approximate surface area is 130 Å². The second kappa shape index (κ2) is 6.30. The fourth-order valence-corrected chi connectivity index (χ4v) is 6.29. The van der Waals surface area contributed by atoms with Crippen molar-refractivity contribution in [3.05, 3.63) is 30.3 Å². The monoisotopic (exact) mass is 388 g/mol. The fourth-order valence-electron chi connectivity index (χ4n) is 3.40. The molecule has 0 radical (unpaired) electrons. The van der Waals surface area contributed by atoms with Crippen LogP contribution in [0.15, 0.2) is 30.3 Å². The number of alkyl halides is 1. The Morgan fingerprint density at radius 3 is 2.63 bits per heavy atom. The van der Waals surface area contributed by atoms with Crippen molar-refractivity contribution in [1.82, 2.24) is 0 Å². The van der Waals surface area contributed by atoms with E-state index in [1.807, 2.05) is 0 Å². The van der Waals surface area contributed by atoms with Crippen LogP contribution in [-0.4, -0.2) is 26.1 Å². The van der Waals surface area contributed by atoms with Gasteiger partial charge in [0.05, 0.1) is 0 Å². The average molecular weight is 388 g/mol. The molecule has 1 aromatic rings. The SMILES string of the molecule is Br[C@H]1O[C@H](C[Se]c2ccccc2)CC12CCCCC2. The molecular weight excluding hydrogens is 367 g/mol. The summed E-state index contributed by atoms with van der Waals surface area (Å²) in [5.41, 5.74) is 0.454. The van der Waals surface area contributed by atoms with Crippen LogP contribution in [0.5, 0.6) is 0 Å². The Morgan fingerprint density at radius 1 is 1.16 bits per heavy atom. The van der Waals surface area contributed by atoms with Gasteiger partial charge in [-0.1, -0.05) is 0 Å². The standard InChI is InChI=1S/C16H21BrOSe/c17-15-16(9-5-2-6-10-16)11-13(18-15)12-19-14-7-3-1-4-8-14/h1,3-4,7-8,13,15H,2,5-6,9-12H2/t13-,15-/m0/s1. The molecule has 3 rings (SSSR count). The van der Waals surface area contributed by atoms with Gasteiger partial charge >= 0.3 is 131 Å². The van der Waals surface area contributed by atoms with Crippen LogP contribution in [0.4, 0.5) is 0 Å². The Bertz CT molecular complexity index is 402. The molecule has 0 bridgehead atoms. The van der Waals surface area contributed by atoms with E-state index in [-0.39, 0.29) is 0 Å². The normalized spacial score (nSPS) is 29.7. The van der Waals surface area contributed by atoms with Gasteiger partial charge in [0.25, 0.3) is 0 Å². The summed E-state index contributed by atoms with van der Waals surface area (Å²) in [6.45, 7) is 0. The number of hydrogen-bond donors (Lipinski definition) is 0. The molecule has 1 aliphatic carbocycles. The zero-order valence-corrected chi connectivity index (χ0v) is 14.5. The summed E-state index contributed by atoms with van der Waals surface area (Å²) < 4.78 is 7.70. The summed E-state index contributed by atoms with van der Waals surface area (Å²) in [5, 5.41) is 1.53. The Kier molecular flexibility index (Phi) is 4.69. The molecule has 0 unspecified atom stereocenters. The zero-order valence-electron chi connectivity index (χ0n) is 11.2. The first-order chi connectivity index (χ1) is 9.28. The zero-order chi connectivity index (χ0) is 13.1. The van der Waals surface area contributed by atoms with Crippen molar-refractivity contribution in [1.29, 1.82) is 0 Å². The molecule has 2 fully saturated rings. The van der Waals surface area contributed by atoms with Gasteiger partial charge in [0.1, 0.15) is 0 Å². The third kappa shape index (κ3) is 3.26. The molecule has 1 spiro atoms. The van der Waals surface area contributed by atoms with Crippen molar-refractivity contribution in [3.63, 3.8) is 0 Å². The van der Waals surface area contributed by atoms with Gasteiger partial charge in [-0.3, -0.25) is 0 Å². The van der Waals surface area contributed by atoms with Crippen LogP contribution in [0.25, 0.3) is 0 Å². The van der Waals surface area contributed by atoms with Crippen molar-refractivity contribution >= 4 is 35.3 Å². The molecule has 2 atom stereocenters. The van der Waals surface area contributed by atoms with Gasteiger partial charge in [-0.25, -0.2) is 0 Å². The van der Waals surface area contributed by atoms with Crippen LogP contribution in [0.3, 0.4) is 0 Å². The molecule has 1 aromatic carbocycles. The van der Waals surface area contributed by atoms with Gasteiger partial charge in [-0.05, 0) is 0 Å². The van der Waals surface area contributed by atoms with E-state index in [2.05, 4.69) is 46.3 Å². The molecule has 1 aliphatic heterocycles. The third-order valence-corrected chi connectivity index (χ3v) is 8.04. The minimum atomic E-state index is 0.303. The van der Waals surface area contributed by atoms with Gasteiger partial charge in [0, 0.05) is 0 Å². The van der Waals surface area contributed by atoms with Crippen molar-refractivity contribution in [2.45, 2.75) is 55.0 Å². The van der Waals surface area contributed by atoms with Gasteiger partial charge in [0.2, 0.25) is 0 Å². The second-order valence-corrected chi connectivity index (χ2v) is 8.95. The second-order valence-electron chi connectivity index (χ2n) is 5.83. The summed E-state index contributed by atoms with van der Waals surface area (Å²) >= 11 is 4.36. The first-order valence-corrected chi connectivity index (χ1v) is 10.2. The summed E-state index contributed by atoms with van der Waals surface area (Å²) in [6.07, 6.45) is 8.67. The Balaban J connectivity index is 1.56. The number of benzene rings is 1. The van der Waals surface area contributed by atoms with E-state index < -0.39 is 0 Å². The molecule has 2 aliphatic rings. The molecule has 19 heavy (non-hydrogen) atoms. The first kappa shape index (κ1) is 14.1. The summed E-state index contributed by atoms with van der Waals surface area (Å²) in [5.74, 6) is 0.